The number of benzene rings is 2. The van der Waals surface area contributed by atoms with E-state index in [9.17, 15) is 19.2 Å². The molecule has 2 saturated heterocycles. The number of hydrogen-bond donors (Lipinski definition) is 3. The van der Waals surface area contributed by atoms with Gasteiger partial charge in [0.05, 0.1) is 26.1 Å². The first kappa shape index (κ1) is 24.8. The highest BCUT2D eigenvalue weighted by Crippen LogP contribution is 2.54. The van der Waals surface area contributed by atoms with E-state index in [1.54, 1.807) is 20.3 Å². The van der Waals surface area contributed by atoms with E-state index in [4.69, 9.17) is 15.2 Å². The van der Waals surface area contributed by atoms with E-state index < -0.39 is 35.2 Å². The molecule has 2 aromatic carbocycles. The van der Waals surface area contributed by atoms with Gasteiger partial charge in [-0.2, -0.15) is 0 Å². The average Bonchev–Trinajstić information content (AvgIpc) is 3.46. The zero-order chi connectivity index (χ0) is 26.5. The summed E-state index contributed by atoms with van der Waals surface area (Å²) in [5.74, 6) is -2.18. The summed E-state index contributed by atoms with van der Waals surface area (Å²) in [4.78, 5) is 53.9. The molecule has 3 aliphatic heterocycles. The van der Waals surface area contributed by atoms with Gasteiger partial charge in [0.1, 0.15) is 5.54 Å². The minimum Gasteiger partial charge on any atom is -0.493 e. The van der Waals surface area contributed by atoms with Crippen LogP contribution in [0.5, 0.6) is 11.5 Å². The Hall–Kier alpha value is -3.92. The van der Waals surface area contributed by atoms with Crippen LogP contribution in [0.3, 0.4) is 0 Å². The molecule has 3 aliphatic rings. The third kappa shape index (κ3) is 3.74. The number of anilines is 1. The number of imide groups is 1. The first-order valence-electron chi connectivity index (χ1n) is 12.3. The molecule has 0 bridgehead atoms. The number of para-hydroxylation sites is 1. The van der Waals surface area contributed by atoms with Crippen LogP contribution in [0.4, 0.5) is 5.69 Å². The second-order valence-corrected chi connectivity index (χ2v) is 9.79. The summed E-state index contributed by atoms with van der Waals surface area (Å²) in [6.07, 6.45) is 0.688. The van der Waals surface area contributed by atoms with Gasteiger partial charge in [-0.15, -0.1) is 0 Å². The van der Waals surface area contributed by atoms with Crippen molar-refractivity contribution >= 4 is 29.3 Å². The minimum absolute atomic E-state index is 0.0341. The van der Waals surface area contributed by atoms with E-state index in [1.807, 2.05) is 37.3 Å². The fraction of sp³-hybridized carbons (Fsp3) is 0.407. The summed E-state index contributed by atoms with van der Waals surface area (Å²) < 4.78 is 10.7. The molecular formula is C27H30N4O6. The zero-order valence-corrected chi connectivity index (χ0v) is 21.0. The number of rotatable bonds is 8. The number of primary amides is 1. The molecule has 5 rings (SSSR count). The number of ether oxygens (including phenoxy) is 2. The highest BCUT2D eigenvalue weighted by molar-refractivity contribution is 6.15. The van der Waals surface area contributed by atoms with Gasteiger partial charge in [0.2, 0.25) is 23.6 Å². The summed E-state index contributed by atoms with van der Waals surface area (Å²) in [7, 11) is 3.09. The summed E-state index contributed by atoms with van der Waals surface area (Å²) in [5.41, 5.74) is 7.04. The van der Waals surface area contributed by atoms with Gasteiger partial charge in [-0.3, -0.25) is 29.4 Å². The quantitative estimate of drug-likeness (QED) is 0.458. The molecule has 37 heavy (non-hydrogen) atoms. The van der Waals surface area contributed by atoms with Crippen LogP contribution in [0.2, 0.25) is 0 Å². The van der Waals surface area contributed by atoms with Crippen molar-refractivity contribution in [2.24, 2.45) is 17.6 Å². The van der Waals surface area contributed by atoms with Crippen molar-refractivity contribution < 1.29 is 28.7 Å². The summed E-state index contributed by atoms with van der Waals surface area (Å²) >= 11 is 0. The molecular weight excluding hydrogens is 476 g/mol. The third-order valence-electron chi connectivity index (χ3n) is 7.82. The van der Waals surface area contributed by atoms with Gasteiger partial charge < -0.3 is 20.5 Å². The Morgan fingerprint density at radius 1 is 1.08 bits per heavy atom. The van der Waals surface area contributed by atoms with Crippen molar-refractivity contribution in [3.05, 3.63) is 53.1 Å². The van der Waals surface area contributed by atoms with Gasteiger partial charge in [-0.25, -0.2) is 0 Å². The second-order valence-electron chi connectivity index (χ2n) is 9.79. The first-order chi connectivity index (χ1) is 17.7. The number of likely N-dealkylation sites (tertiary alicyclic amines) is 1. The molecule has 3 heterocycles. The lowest BCUT2D eigenvalue weighted by atomic mass is 9.76. The Kier molecular flexibility index (Phi) is 6.15. The molecule has 0 aromatic heterocycles. The van der Waals surface area contributed by atoms with Gasteiger partial charge in [0, 0.05) is 30.3 Å². The van der Waals surface area contributed by atoms with Crippen LogP contribution in [0.15, 0.2) is 36.4 Å². The van der Waals surface area contributed by atoms with Crippen LogP contribution in [0.25, 0.3) is 0 Å². The van der Waals surface area contributed by atoms with E-state index in [2.05, 4.69) is 10.6 Å². The van der Waals surface area contributed by atoms with Crippen LogP contribution in [0.1, 0.15) is 29.5 Å². The monoisotopic (exact) mass is 506 g/mol. The molecule has 4 atom stereocenters. The van der Waals surface area contributed by atoms with Crippen LogP contribution in [0, 0.1) is 18.8 Å². The number of aryl methyl sites for hydroxylation is 1. The van der Waals surface area contributed by atoms with Gasteiger partial charge in [0.15, 0.2) is 11.5 Å². The van der Waals surface area contributed by atoms with E-state index in [0.29, 0.717) is 29.2 Å². The Labute approximate surface area is 214 Å². The van der Waals surface area contributed by atoms with Gasteiger partial charge >= 0.3 is 0 Å². The zero-order valence-electron chi connectivity index (χ0n) is 21.0. The Morgan fingerprint density at radius 2 is 1.84 bits per heavy atom. The lowest BCUT2D eigenvalue weighted by Gasteiger charge is -2.29. The van der Waals surface area contributed by atoms with Crippen molar-refractivity contribution in [3.63, 3.8) is 0 Å². The SMILES string of the molecule is COc1ccc(CCN2C(=O)[C@@H]3[C@H](CCC(N)=O)N[C@@]4(C(=O)Nc5c(C)cccc54)[C@H]3C2=O)cc1OC. The summed E-state index contributed by atoms with van der Waals surface area (Å²) in [6.45, 7) is 2.03. The molecule has 4 N–H and O–H groups in total. The lowest BCUT2D eigenvalue weighted by molar-refractivity contribution is -0.142. The maximum Gasteiger partial charge on any atom is 0.250 e. The molecule has 0 aliphatic carbocycles. The molecule has 4 amide bonds. The topological polar surface area (TPSA) is 140 Å². The predicted octanol–water partition coefficient (Wildman–Crippen LogP) is 1.24. The molecule has 2 fully saturated rings. The van der Waals surface area contributed by atoms with E-state index in [0.717, 1.165) is 11.1 Å². The number of carbonyl (C=O) groups excluding carboxylic acids is 4. The van der Waals surface area contributed by atoms with Crippen molar-refractivity contribution in [2.45, 2.75) is 37.8 Å². The van der Waals surface area contributed by atoms with Crippen LogP contribution < -0.4 is 25.8 Å². The smallest absolute Gasteiger partial charge is 0.250 e. The first-order valence-corrected chi connectivity index (χ1v) is 12.3. The Balaban J connectivity index is 1.48. The lowest BCUT2D eigenvalue weighted by Crippen LogP contribution is -2.53. The summed E-state index contributed by atoms with van der Waals surface area (Å²) in [6, 6.07) is 10.4. The normalized spacial score (nSPS) is 25.9. The number of nitrogens with two attached hydrogens (primary N) is 1. The van der Waals surface area contributed by atoms with Crippen molar-refractivity contribution in [2.75, 3.05) is 26.1 Å². The number of nitrogens with zero attached hydrogens (tertiary/aromatic N) is 1. The maximum absolute atomic E-state index is 13.9. The van der Waals surface area contributed by atoms with Crippen LogP contribution in [-0.4, -0.2) is 55.3 Å². The number of carbonyl (C=O) groups is 4. The van der Waals surface area contributed by atoms with Gasteiger partial charge in [0.25, 0.3) is 0 Å². The Bertz CT molecular complexity index is 1310. The number of fused-ring (bicyclic) bond motifs is 4. The van der Waals surface area contributed by atoms with Gasteiger partial charge in [-0.1, -0.05) is 24.3 Å². The molecule has 194 valence electrons. The molecule has 10 nitrogen and oxygen atoms in total. The molecule has 0 unspecified atom stereocenters. The maximum atomic E-state index is 13.9. The number of methoxy groups -OCH3 is 2. The van der Waals surface area contributed by atoms with Crippen LogP contribution >= 0.6 is 0 Å². The molecule has 0 radical (unpaired) electrons. The number of amides is 4. The highest BCUT2D eigenvalue weighted by Gasteiger charge is 2.70. The second kappa shape index (κ2) is 9.19. The molecule has 0 saturated carbocycles. The largest absolute Gasteiger partial charge is 0.493 e. The van der Waals surface area contributed by atoms with Crippen LogP contribution in [-0.2, 0) is 31.1 Å². The average molecular weight is 507 g/mol. The van der Waals surface area contributed by atoms with E-state index in [1.165, 1.54) is 4.90 Å². The summed E-state index contributed by atoms with van der Waals surface area (Å²) in [5, 5.41) is 6.25. The standard InChI is InChI=1S/C27H30N4O6/c1-14-5-4-6-16-23(14)29-26(35)27(16)22-21(17(30-27)8-10-20(28)32)24(33)31(25(22)34)12-11-15-7-9-18(36-2)19(13-15)37-3/h4-7,9,13,17,21-22,30H,8,10-12H2,1-3H3,(H2,28,32)(H,29,35)/t17-,21+,22+,27+/m0/s1. The predicted molar refractivity (Wildman–Crippen MR) is 134 cm³/mol. The van der Waals surface area contributed by atoms with Gasteiger partial charge in [-0.05, 0) is 43.0 Å². The number of nitrogens with one attached hydrogen (secondary N) is 2. The fourth-order valence-corrected chi connectivity index (χ4v) is 6.08. The number of hydrogen-bond acceptors (Lipinski definition) is 7. The fourth-order valence-electron chi connectivity index (χ4n) is 6.08. The van der Waals surface area contributed by atoms with E-state index >= 15 is 0 Å². The van der Waals surface area contributed by atoms with Crippen molar-refractivity contribution in [3.8, 4) is 11.5 Å². The third-order valence-corrected chi connectivity index (χ3v) is 7.82. The molecule has 1 spiro atoms. The van der Waals surface area contributed by atoms with Crippen molar-refractivity contribution in [1.82, 2.24) is 10.2 Å². The Morgan fingerprint density at radius 3 is 2.54 bits per heavy atom. The van der Waals surface area contributed by atoms with Crippen molar-refractivity contribution in [1.29, 1.82) is 0 Å². The molecule has 10 heteroatoms. The minimum atomic E-state index is -1.39. The van der Waals surface area contributed by atoms with E-state index in [-0.39, 0.29) is 31.2 Å². The highest BCUT2D eigenvalue weighted by atomic mass is 16.5. The molecule has 2 aromatic rings.